The molecule has 1 aromatic rings. The molecule has 102 valence electrons. The van der Waals surface area contributed by atoms with Crippen molar-refractivity contribution < 1.29 is 9.72 Å². The zero-order valence-corrected chi connectivity index (χ0v) is 10.5. The SMILES string of the molecule is O=C(NNC1CCCCC1[N+](=O)[O-])c1ccccc1. The van der Waals surface area contributed by atoms with Crippen LogP contribution >= 0.6 is 0 Å². The van der Waals surface area contributed by atoms with Gasteiger partial charge in [0.2, 0.25) is 6.04 Å². The van der Waals surface area contributed by atoms with Crippen LogP contribution in [-0.4, -0.2) is 22.9 Å². The van der Waals surface area contributed by atoms with E-state index in [4.69, 9.17) is 0 Å². The van der Waals surface area contributed by atoms with Gasteiger partial charge in [0, 0.05) is 16.9 Å². The van der Waals surface area contributed by atoms with Crippen molar-refractivity contribution in [1.82, 2.24) is 10.9 Å². The average Bonchev–Trinajstić information content (AvgIpc) is 2.46. The maximum atomic E-state index is 11.8. The fourth-order valence-electron chi connectivity index (χ4n) is 2.35. The van der Waals surface area contributed by atoms with Crippen LogP contribution < -0.4 is 10.9 Å². The molecule has 0 aliphatic heterocycles. The second-order valence-corrected chi connectivity index (χ2v) is 4.71. The van der Waals surface area contributed by atoms with Crippen molar-refractivity contribution >= 4 is 5.91 Å². The van der Waals surface area contributed by atoms with Crippen LogP contribution in [0.3, 0.4) is 0 Å². The first-order chi connectivity index (χ1) is 9.18. The molecule has 6 heteroatoms. The Kier molecular flexibility index (Phi) is 4.46. The number of amides is 1. The highest BCUT2D eigenvalue weighted by molar-refractivity contribution is 5.93. The van der Waals surface area contributed by atoms with Crippen molar-refractivity contribution in [2.75, 3.05) is 0 Å². The molecular weight excluding hydrogens is 246 g/mol. The Morgan fingerprint density at radius 3 is 2.58 bits per heavy atom. The summed E-state index contributed by atoms with van der Waals surface area (Å²) in [4.78, 5) is 22.5. The number of carbonyl (C=O) groups is 1. The topological polar surface area (TPSA) is 84.3 Å². The maximum absolute atomic E-state index is 11.8. The Labute approximate surface area is 111 Å². The van der Waals surface area contributed by atoms with Crippen molar-refractivity contribution in [1.29, 1.82) is 0 Å². The molecule has 0 bridgehead atoms. The van der Waals surface area contributed by atoms with Crippen molar-refractivity contribution in [3.63, 3.8) is 0 Å². The number of nitrogens with zero attached hydrogens (tertiary/aromatic N) is 1. The largest absolute Gasteiger partial charge is 0.287 e. The highest BCUT2D eigenvalue weighted by Gasteiger charge is 2.34. The Bertz CT molecular complexity index is 450. The second-order valence-electron chi connectivity index (χ2n) is 4.71. The lowest BCUT2D eigenvalue weighted by Gasteiger charge is -2.26. The number of hydrogen-bond donors (Lipinski definition) is 2. The quantitative estimate of drug-likeness (QED) is 0.637. The zero-order valence-electron chi connectivity index (χ0n) is 10.5. The number of hydrazine groups is 1. The van der Waals surface area contributed by atoms with Gasteiger partial charge in [0.15, 0.2) is 0 Å². The van der Waals surface area contributed by atoms with Gasteiger partial charge in [-0.3, -0.25) is 20.3 Å². The van der Waals surface area contributed by atoms with Crippen LogP contribution in [0.15, 0.2) is 30.3 Å². The van der Waals surface area contributed by atoms with Crippen molar-refractivity contribution in [3.05, 3.63) is 46.0 Å². The normalized spacial score (nSPS) is 22.7. The highest BCUT2D eigenvalue weighted by atomic mass is 16.6. The van der Waals surface area contributed by atoms with Crippen LogP contribution in [-0.2, 0) is 0 Å². The van der Waals surface area contributed by atoms with E-state index in [1.807, 2.05) is 6.07 Å². The van der Waals surface area contributed by atoms with E-state index in [0.717, 1.165) is 12.8 Å². The molecule has 0 heterocycles. The standard InChI is InChI=1S/C13H17N3O3/c17-13(10-6-2-1-3-7-10)15-14-11-8-4-5-9-12(11)16(18)19/h1-3,6-7,11-12,14H,4-5,8-9H2,(H,15,17). The van der Waals surface area contributed by atoms with Crippen LogP contribution in [0.25, 0.3) is 0 Å². The van der Waals surface area contributed by atoms with E-state index in [0.29, 0.717) is 18.4 Å². The van der Waals surface area contributed by atoms with E-state index < -0.39 is 6.04 Å². The number of hydrogen-bond acceptors (Lipinski definition) is 4. The molecule has 0 radical (unpaired) electrons. The lowest BCUT2D eigenvalue weighted by molar-refractivity contribution is -0.530. The van der Waals surface area contributed by atoms with Crippen LogP contribution in [0.2, 0.25) is 0 Å². The number of rotatable bonds is 4. The van der Waals surface area contributed by atoms with Crippen molar-refractivity contribution in [3.8, 4) is 0 Å². The van der Waals surface area contributed by atoms with E-state index >= 15 is 0 Å². The van der Waals surface area contributed by atoms with Gasteiger partial charge in [-0.1, -0.05) is 24.6 Å². The van der Waals surface area contributed by atoms with E-state index in [9.17, 15) is 14.9 Å². The lowest BCUT2D eigenvalue weighted by Crippen LogP contribution is -2.53. The summed E-state index contributed by atoms with van der Waals surface area (Å²) in [6, 6.07) is 7.85. The molecular formula is C13H17N3O3. The third kappa shape index (κ3) is 3.51. The van der Waals surface area contributed by atoms with E-state index in [1.54, 1.807) is 24.3 Å². The third-order valence-electron chi connectivity index (χ3n) is 3.41. The summed E-state index contributed by atoms with van der Waals surface area (Å²) < 4.78 is 0. The molecule has 2 atom stereocenters. The molecule has 2 N–H and O–H groups in total. The molecule has 0 saturated heterocycles. The van der Waals surface area contributed by atoms with Crippen LogP contribution in [0.1, 0.15) is 36.0 Å². The van der Waals surface area contributed by atoms with E-state index in [2.05, 4.69) is 10.9 Å². The minimum Gasteiger partial charge on any atom is -0.287 e. The van der Waals surface area contributed by atoms with Gasteiger partial charge in [0.05, 0.1) is 6.04 Å². The lowest BCUT2D eigenvalue weighted by atomic mass is 9.91. The predicted octanol–water partition coefficient (Wildman–Crippen LogP) is 1.51. The van der Waals surface area contributed by atoms with Crippen molar-refractivity contribution in [2.24, 2.45) is 0 Å². The molecule has 2 unspecified atom stereocenters. The Morgan fingerprint density at radius 2 is 1.89 bits per heavy atom. The summed E-state index contributed by atoms with van der Waals surface area (Å²) in [6.07, 6.45) is 3.09. The molecule has 2 rings (SSSR count). The number of nitrogens with one attached hydrogen (secondary N) is 2. The predicted molar refractivity (Wildman–Crippen MR) is 70.1 cm³/mol. The van der Waals surface area contributed by atoms with Gasteiger partial charge in [-0.05, 0) is 25.0 Å². The summed E-state index contributed by atoms with van der Waals surface area (Å²) >= 11 is 0. The van der Waals surface area contributed by atoms with Gasteiger partial charge >= 0.3 is 0 Å². The van der Waals surface area contributed by atoms with Crippen LogP contribution in [0, 0.1) is 10.1 Å². The fourth-order valence-corrected chi connectivity index (χ4v) is 2.35. The minimum atomic E-state index is -0.621. The number of carbonyl (C=O) groups excluding carboxylic acids is 1. The molecule has 6 nitrogen and oxygen atoms in total. The van der Waals surface area contributed by atoms with Crippen molar-refractivity contribution in [2.45, 2.75) is 37.8 Å². The Morgan fingerprint density at radius 1 is 1.21 bits per heavy atom. The van der Waals surface area contributed by atoms with Gasteiger partial charge in [-0.15, -0.1) is 0 Å². The maximum Gasteiger partial charge on any atom is 0.265 e. The minimum absolute atomic E-state index is 0.258. The van der Waals surface area contributed by atoms with Gasteiger partial charge < -0.3 is 0 Å². The number of nitro groups is 1. The van der Waals surface area contributed by atoms with Gasteiger partial charge in [-0.2, -0.15) is 0 Å². The van der Waals surface area contributed by atoms with E-state index in [1.165, 1.54) is 0 Å². The monoisotopic (exact) mass is 263 g/mol. The molecule has 0 spiro atoms. The molecule has 1 aliphatic carbocycles. The summed E-state index contributed by atoms with van der Waals surface area (Å²) in [5, 5.41) is 10.9. The Hall–Kier alpha value is -1.95. The molecule has 1 amide bonds. The highest BCUT2D eigenvalue weighted by Crippen LogP contribution is 2.20. The molecule has 1 saturated carbocycles. The van der Waals surface area contributed by atoms with Gasteiger partial charge in [0.1, 0.15) is 0 Å². The summed E-state index contributed by atoms with van der Waals surface area (Å²) in [7, 11) is 0. The first kappa shape index (κ1) is 13.5. The molecule has 19 heavy (non-hydrogen) atoms. The summed E-state index contributed by atoms with van der Waals surface area (Å²) in [5.41, 5.74) is 5.90. The smallest absolute Gasteiger partial charge is 0.265 e. The van der Waals surface area contributed by atoms with Crippen LogP contribution in [0.4, 0.5) is 0 Å². The summed E-state index contributed by atoms with van der Waals surface area (Å²) in [6.45, 7) is 0. The fraction of sp³-hybridized carbons (Fsp3) is 0.462. The second kappa shape index (κ2) is 6.29. The van der Waals surface area contributed by atoms with Crippen LogP contribution in [0.5, 0.6) is 0 Å². The average molecular weight is 263 g/mol. The van der Waals surface area contributed by atoms with Gasteiger partial charge in [0.25, 0.3) is 5.91 Å². The Balaban J connectivity index is 1.90. The van der Waals surface area contributed by atoms with Gasteiger partial charge in [-0.25, -0.2) is 5.43 Å². The first-order valence-electron chi connectivity index (χ1n) is 6.43. The molecule has 0 aromatic heterocycles. The number of benzene rings is 1. The molecule has 1 aromatic carbocycles. The molecule has 1 fully saturated rings. The first-order valence-corrected chi connectivity index (χ1v) is 6.43. The summed E-state index contributed by atoms with van der Waals surface area (Å²) in [5.74, 6) is -0.270. The third-order valence-corrected chi connectivity index (χ3v) is 3.41. The molecule has 1 aliphatic rings. The van der Waals surface area contributed by atoms with E-state index in [-0.39, 0.29) is 16.9 Å². The zero-order chi connectivity index (χ0) is 13.7.